The fourth-order valence-corrected chi connectivity index (χ4v) is 4.38. The summed E-state index contributed by atoms with van der Waals surface area (Å²) in [6.45, 7) is 5.04. The Morgan fingerprint density at radius 1 is 1.06 bits per heavy atom. The lowest BCUT2D eigenvalue weighted by Gasteiger charge is -2.27. The van der Waals surface area contributed by atoms with Gasteiger partial charge in [-0.05, 0) is 35.7 Å². The highest BCUT2D eigenvalue weighted by molar-refractivity contribution is 5.89. The average molecular weight is 437 g/mol. The van der Waals surface area contributed by atoms with Crippen molar-refractivity contribution in [3.8, 4) is 0 Å². The van der Waals surface area contributed by atoms with E-state index < -0.39 is 6.04 Å². The molecule has 0 bridgehead atoms. The maximum absolute atomic E-state index is 13.4. The number of amides is 2. The largest absolute Gasteiger partial charge is 0.361 e. The normalized spacial score (nSPS) is 16.0. The van der Waals surface area contributed by atoms with Crippen LogP contribution in [0.1, 0.15) is 24.5 Å². The number of carbonyl (C=O) groups is 2. The fraction of sp³-hybridized carbons (Fsp3) is 0.360. The Balaban J connectivity index is 1.42. The number of benzene rings is 2. The minimum atomic E-state index is -0.602. The highest BCUT2D eigenvalue weighted by Gasteiger charge is 2.28. The SMILES string of the molecule is CC(=O)N[C@H](Cc1c[nH]c2ccccc12)C(=O)N1CCCN(Cc2ccc(F)cc2)CC1. The van der Waals surface area contributed by atoms with Gasteiger partial charge >= 0.3 is 0 Å². The van der Waals surface area contributed by atoms with Crippen LogP contribution in [0.5, 0.6) is 0 Å². The summed E-state index contributed by atoms with van der Waals surface area (Å²) in [6.07, 6.45) is 3.21. The molecule has 0 radical (unpaired) electrons. The molecule has 0 unspecified atom stereocenters. The molecule has 7 heteroatoms. The van der Waals surface area contributed by atoms with Crippen LogP contribution in [0.3, 0.4) is 0 Å². The molecule has 1 aliphatic rings. The number of halogens is 1. The van der Waals surface area contributed by atoms with Crippen LogP contribution < -0.4 is 5.32 Å². The highest BCUT2D eigenvalue weighted by Crippen LogP contribution is 2.20. The lowest BCUT2D eigenvalue weighted by Crippen LogP contribution is -2.50. The van der Waals surface area contributed by atoms with Gasteiger partial charge in [-0.15, -0.1) is 0 Å². The van der Waals surface area contributed by atoms with Gasteiger partial charge in [0.05, 0.1) is 0 Å². The van der Waals surface area contributed by atoms with E-state index in [2.05, 4.69) is 15.2 Å². The number of rotatable bonds is 6. The van der Waals surface area contributed by atoms with Crippen molar-refractivity contribution in [2.45, 2.75) is 32.4 Å². The van der Waals surface area contributed by atoms with Crippen molar-refractivity contribution in [2.75, 3.05) is 26.2 Å². The van der Waals surface area contributed by atoms with E-state index in [9.17, 15) is 14.0 Å². The second-order valence-corrected chi connectivity index (χ2v) is 8.40. The maximum atomic E-state index is 13.4. The molecule has 2 heterocycles. The van der Waals surface area contributed by atoms with Gasteiger partial charge in [-0.2, -0.15) is 0 Å². The Bertz CT molecular complexity index is 1080. The number of hydrogen-bond donors (Lipinski definition) is 2. The van der Waals surface area contributed by atoms with E-state index in [0.29, 0.717) is 19.5 Å². The van der Waals surface area contributed by atoms with Gasteiger partial charge in [0.15, 0.2) is 0 Å². The number of aromatic nitrogens is 1. The lowest BCUT2D eigenvalue weighted by atomic mass is 10.0. The zero-order chi connectivity index (χ0) is 22.5. The molecule has 6 nitrogen and oxygen atoms in total. The number of nitrogens with zero attached hydrogens (tertiary/aromatic N) is 2. The molecule has 1 saturated heterocycles. The third kappa shape index (κ3) is 5.34. The van der Waals surface area contributed by atoms with Gasteiger partial charge in [0.1, 0.15) is 11.9 Å². The minimum absolute atomic E-state index is 0.0471. The predicted molar refractivity (Wildman–Crippen MR) is 122 cm³/mol. The molecule has 168 valence electrons. The van der Waals surface area contributed by atoms with E-state index in [-0.39, 0.29) is 17.6 Å². The van der Waals surface area contributed by atoms with E-state index in [4.69, 9.17) is 0 Å². The number of carbonyl (C=O) groups excluding carboxylic acids is 2. The van der Waals surface area contributed by atoms with Crippen LogP contribution in [0.2, 0.25) is 0 Å². The van der Waals surface area contributed by atoms with Gasteiger partial charge in [0.2, 0.25) is 11.8 Å². The van der Waals surface area contributed by atoms with Gasteiger partial charge in [0.25, 0.3) is 0 Å². The van der Waals surface area contributed by atoms with Crippen LogP contribution >= 0.6 is 0 Å². The molecule has 0 aliphatic carbocycles. The monoisotopic (exact) mass is 436 g/mol. The van der Waals surface area contributed by atoms with Crippen molar-refractivity contribution >= 4 is 22.7 Å². The first-order valence-corrected chi connectivity index (χ1v) is 11.1. The van der Waals surface area contributed by atoms with E-state index in [1.54, 1.807) is 12.1 Å². The van der Waals surface area contributed by atoms with E-state index in [0.717, 1.165) is 48.1 Å². The Kier molecular flexibility index (Phi) is 6.85. The van der Waals surface area contributed by atoms with E-state index in [1.165, 1.54) is 19.1 Å². The molecular formula is C25H29FN4O2. The van der Waals surface area contributed by atoms with Gasteiger partial charge in [-0.25, -0.2) is 4.39 Å². The molecule has 2 N–H and O–H groups in total. The van der Waals surface area contributed by atoms with Crippen LogP contribution in [-0.2, 0) is 22.6 Å². The van der Waals surface area contributed by atoms with Gasteiger partial charge in [0, 0.05) is 63.2 Å². The topological polar surface area (TPSA) is 68.4 Å². The zero-order valence-corrected chi connectivity index (χ0v) is 18.3. The van der Waals surface area contributed by atoms with E-state index >= 15 is 0 Å². The average Bonchev–Trinajstić information content (AvgIpc) is 3.04. The Labute approximate surface area is 187 Å². The maximum Gasteiger partial charge on any atom is 0.245 e. The molecule has 1 aliphatic heterocycles. The first kappa shape index (κ1) is 22.0. The lowest BCUT2D eigenvalue weighted by molar-refractivity contribution is -0.136. The fourth-order valence-electron chi connectivity index (χ4n) is 4.38. The van der Waals surface area contributed by atoms with E-state index in [1.807, 2.05) is 35.4 Å². The third-order valence-electron chi connectivity index (χ3n) is 5.99. The van der Waals surface area contributed by atoms with Crippen LogP contribution in [0.15, 0.2) is 54.7 Å². The number of H-pyrrole nitrogens is 1. The van der Waals surface area contributed by atoms with Crippen LogP contribution in [0, 0.1) is 5.82 Å². The standard InChI is InChI=1S/C25H29FN4O2/c1-18(31)28-24(15-20-16-27-23-6-3-2-5-22(20)23)25(32)30-12-4-11-29(13-14-30)17-19-7-9-21(26)10-8-19/h2-3,5-10,16,24,27H,4,11-15,17H2,1H3,(H,28,31)/t24-/m1/s1. The smallest absolute Gasteiger partial charge is 0.245 e. The number of nitrogens with one attached hydrogen (secondary N) is 2. The third-order valence-corrected chi connectivity index (χ3v) is 5.99. The van der Waals surface area contributed by atoms with Crippen molar-refractivity contribution in [2.24, 2.45) is 0 Å². The Morgan fingerprint density at radius 2 is 1.84 bits per heavy atom. The van der Waals surface area contributed by atoms with Gasteiger partial charge in [-0.3, -0.25) is 14.5 Å². The van der Waals surface area contributed by atoms with Crippen molar-refractivity contribution in [3.63, 3.8) is 0 Å². The first-order chi connectivity index (χ1) is 15.5. The number of aromatic amines is 1. The Morgan fingerprint density at radius 3 is 2.62 bits per heavy atom. The van der Waals surface area contributed by atoms with Crippen molar-refractivity contribution in [1.29, 1.82) is 0 Å². The van der Waals surface area contributed by atoms with Crippen molar-refractivity contribution < 1.29 is 14.0 Å². The summed E-state index contributed by atoms with van der Waals surface area (Å²) >= 11 is 0. The summed E-state index contributed by atoms with van der Waals surface area (Å²) in [5.41, 5.74) is 3.09. The van der Waals surface area contributed by atoms with Crippen molar-refractivity contribution in [1.82, 2.24) is 20.1 Å². The second-order valence-electron chi connectivity index (χ2n) is 8.40. The zero-order valence-electron chi connectivity index (χ0n) is 18.3. The Hall–Kier alpha value is -3.19. The molecule has 1 aromatic heterocycles. The predicted octanol–water partition coefficient (Wildman–Crippen LogP) is 3.09. The summed E-state index contributed by atoms with van der Waals surface area (Å²) in [4.78, 5) is 32.6. The quantitative estimate of drug-likeness (QED) is 0.624. The summed E-state index contributed by atoms with van der Waals surface area (Å²) < 4.78 is 13.2. The van der Waals surface area contributed by atoms with Crippen LogP contribution in [0.25, 0.3) is 10.9 Å². The molecule has 0 saturated carbocycles. The number of hydrogen-bond acceptors (Lipinski definition) is 3. The highest BCUT2D eigenvalue weighted by atomic mass is 19.1. The summed E-state index contributed by atoms with van der Waals surface area (Å²) in [5, 5.41) is 3.93. The summed E-state index contributed by atoms with van der Waals surface area (Å²) in [7, 11) is 0. The number of fused-ring (bicyclic) bond motifs is 1. The summed E-state index contributed by atoms with van der Waals surface area (Å²) in [5.74, 6) is -0.495. The molecular weight excluding hydrogens is 407 g/mol. The number of para-hydroxylation sites is 1. The van der Waals surface area contributed by atoms with Crippen LogP contribution in [0.4, 0.5) is 4.39 Å². The van der Waals surface area contributed by atoms with Gasteiger partial charge in [-0.1, -0.05) is 30.3 Å². The second kappa shape index (κ2) is 9.96. The van der Waals surface area contributed by atoms with Crippen molar-refractivity contribution in [3.05, 3.63) is 71.7 Å². The molecule has 32 heavy (non-hydrogen) atoms. The minimum Gasteiger partial charge on any atom is -0.361 e. The van der Waals surface area contributed by atoms with Gasteiger partial charge < -0.3 is 15.2 Å². The molecule has 2 amide bonds. The molecule has 2 aromatic carbocycles. The van der Waals surface area contributed by atoms with Crippen LogP contribution in [-0.4, -0.2) is 58.8 Å². The molecule has 1 atom stereocenters. The first-order valence-electron chi connectivity index (χ1n) is 11.1. The summed E-state index contributed by atoms with van der Waals surface area (Å²) in [6, 6.07) is 13.9. The molecule has 1 fully saturated rings. The molecule has 4 rings (SSSR count). The molecule has 3 aromatic rings. The molecule has 0 spiro atoms.